The number of ether oxygens (including phenoxy) is 3. The molecular formula is C14H17NO4. The fraction of sp³-hybridized carbons (Fsp3) is 0.500. The van der Waals surface area contributed by atoms with Crippen molar-refractivity contribution < 1.29 is 19.0 Å². The lowest BCUT2D eigenvalue weighted by atomic mass is 10.1. The Kier molecular flexibility index (Phi) is 2.86. The first kappa shape index (κ1) is 12.3. The summed E-state index contributed by atoms with van der Waals surface area (Å²) in [6.45, 7) is 4.86. The fourth-order valence-electron chi connectivity index (χ4n) is 2.29. The summed E-state index contributed by atoms with van der Waals surface area (Å²) in [5.41, 5.74) is 0.719. The van der Waals surface area contributed by atoms with Gasteiger partial charge in [-0.15, -0.1) is 0 Å². The maximum absolute atomic E-state index is 12.0. The third-order valence-electron chi connectivity index (χ3n) is 3.22. The standard InChI is InChI=1S/C14H17NO4/c1-14(2)18-11-4-3-10(7-12(11)19-14)15-13(16)9-5-6-17-8-9/h3-4,7,9H,5-6,8H2,1-2H3,(H,15,16)/t9-/m1/s1. The van der Waals surface area contributed by atoms with Gasteiger partial charge in [-0.3, -0.25) is 4.79 Å². The van der Waals surface area contributed by atoms with Crippen molar-refractivity contribution in [3.05, 3.63) is 18.2 Å². The number of benzene rings is 1. The average Bonchev–Trinajstić information content (AvgIpc) is 2.93. The Labute approximate surface area is 111 Å². The molecule has 0 spiro atoms. The molecule has 2 aliphatic heterocycles. The molecule has 1 aromatic carbocycles. The van der Waals surface area contributed by atoms with E-state index in [2.05, 4.69) is 5.32 Å². The molecule has 2 aliphatic rings. The van der Waals surface area contributed by atoms with Crippen LogP contribution in [0.2, 0.25) is 0 Å². The zero-order valence-electron chi connectivity index (χ0n) is 11.1. The number of hydrogen-bond acceptors (Lipinski definition) is 4. The molecule has 3 rings (SSSR count). The molecule has 5 heteroatoms. The summed E-state index contributed by atoms with van der Waals surface area (Å²) in [7, 11) is 0. The highest BCUT2D eigenvalue weighted by molar-refractivity contribution is 5.93. The fourth-order valence-corrected chi connectivity index (χ4v) is 2.29. The smallest absolute Gasteiger partial charge is 0.246 e. The van der Waals surface area contributed by atoms with Crippen LogP contribution in [-0.2, 0) is 9.53 Å². The molecule has 1 fully saturated rings. The summed E-state index contributed by atoms with van der Waals surface area (Å²) in [5.74, 6) is 0.653. The van der Waals surface area contributed by atoms with Gasteiger partial charge in [-0.05, 0) is 18.6 Å². The minimum atomic E-state index is -0.649. The van der Waals surface area contributed by atoms with Crippen LogP contribution in [0.1, 0.15) is 20.3 Å². The summed E-state index contributed by atoms with van der Waals surface area (Å²) < 4.78 is 16.5. The van der Waals surface area contributed by atoms with Crippen LogP contribution in [-0.4, -0.2) is 24.9 Å². The van der Waals surface area contributed by atoms with Gasteiger partial charge in [-0.25, -0.2) is 0 Å². The molecule has 1 aromatic rings. The van der Waals surface area contributed by atoms with Gasteiger partial charge in [0.25, 0.3) is 0 Å². The first-order valence-electron chi connectivity index (χ1n) is 6.44. The van der Waals surface area contributed by atoms with Gasteiger partial charge in [-0.2, -0.15) is 0 Å². The molecule has 5 nitrogen and oxygen atoms in total. The van der Waals surface area contributed by atoms with Crippen LogP contribution in [0.3, 0.4) is 0 Å². The van der Waals surface area contributed by atoms with Crippen LogP contribution >= 0.6 is 0 Å². The van der Waals surface area contributed by atoms with E-state index < -0.39 is 5.79 Å². The van der Waals surface area contributed by atoms with Crippen molar-refractivity contribution in [2.24, 2.45) is 5.92 Å². The second-order valence-electron chi connectivity index (χ2n) is 5.32. The third kappa shape index (κ3) is 2.51. The van der Waals surface area contributed by atoms with Crippen molar-refractivity contribution in [1.29, 1.82) is 0 Å². The molecule has 1 amide bonds. The quantitative estimate of drug-likeness (QED) is 0.888. The first-order valence-corrected chi connectivity index (χ1v) is 6.44. The normalized spacial score (nSPS) is 23.4. The summed E-state index contributed by atoms with van der Waals surface area (Å²) in [5, 5.41) is 2.89. The lowest BCUT2D eigenvalue weighted by Gasteiger charge is -2.16. The van der Waals surface area contributed by atoms with Crippen LogP contribution in [0.25, 0.3) is 0 Å². The Morgan fingerprint density at radius 2 is 2.11 bits per heavy atom. The van der Waals surface area contributed by atoms with Gasteiger partial charge in [-0.1, -0.05) is 0 Å². The first-order chi connectivity index (χ1) is 9.03. The molecule has 0 unspecified atom stereocenters. The van der Waals surface area contributed by atoms with Crippen LogP contribution in [0.4, 0.5) is 5.69 Å². The molecule has 102 valence electrons. The summed E-state index contributed by atoms with van der Waals surface area (Å²) in [6, 6.07) is 5.42. The Balaban J connectivity index is 1.71. The van der Waals surface area contributed by atoms with E-state index in [4.69, 9.17) is 14.2 Å². The number of amides is 1. The van der Waals surface area contributed by atoms with Gasteiger partial charge in [0.1, 0.15) is 0 Å². The maximum Gasteiger partial charge on any atom is 0.246 e. The van der Waals surface area contributed by atoms with Crippen molar-refractivity contribution in [2.75, 3.05) is 18.5 Å². The van der Waals surface area contributed by atoms with Crippen molar-refractivity contribution in [3.63, 3.8) is 0 Å². The Morgan fingerprint density at radius 3 is 2.84 bits per heavy atom. The topological polar surface area (TPSA) is 56.8 Å². The van der Waals surface area contributed by atoms with Crippen molar-refractivity contribution in [1.82, 2.24) is 0 Å². The highest BCUT2D eigenvalue weighted by Crippen LogP contribution is 2.40. The lowest BCUT2D eigenvalue weighted by Crippen LogP contribution is -2.29. The van der Waals surface area contributed by atoms with E-state index in [1.54, 1.807) is 6.07 Å². The van der Waals surface area contributed by atoms with E-state index >= 15 is 0 Å². The zero-order valence-corrected chi connectivity index (χ0v) is 11.1. The highest BCUT2D eigenvalue weighted by Gasteiger charge is 2.32. The molecule has 0 radical (unpaired) electrons. The van der Waals surface area contributed by atoms with Gasteiger partial charge in [0.2, 0.25) is 11.7 Å². The summed E-state index contributed by atoms with van der Waals surface area (Å²) >= 11 is 0. The molecule has 0 saturated carbocycles. The minimum absolute atomic E-state index is 0.00405. The van der Waals surface area contributed by atoms with E-state index in [1.807, 2.05) is 26.0 Å². The molecule has 2 heterocycles. The summed E-state index contributed by atoms with van der Waals surface area (Å²) in [6.07, 6.45) is 0.781. The number of rotatable bonds is 2. The lowest BCUT2D eigenvalue weighted by molar-refractivity contribution is -0.119. The van der Waals surface area contributed by atoms with Gasteiger partial charge in [0.05, 0.1) is 12.5 Å². The zero-order chi connectivity index (χ0) is 13.5. The molecule has 0 bridgehead atoms. The van der Waals surface area contributed by atoms with Crippen molar-refractivity contribution >= 4 is 11.6 Å². The van der Waals surface area contributed by atoms with Crippen molar-refractivity contribution in [3.8, 4) is 11.5 Å². The molecule has 1 N–H and O–H groups in total. The van der Waals surface area contributed by atoms with E-state index in [1.165, 1.54) is 0 Å². The SMILES string of the molecule is CC1(C)Oc2ccc(NC(=O)[C@@H]3CCOC3)cc2O1. The molecular weight excluding hydrogens is 246 g/mol. The molecule has 0 aliphatic carbocycles. The van der Waals surface area contributed by atoms with Crippen LogP contribution in [0.15, 0.2) is 18.2 Å². The number of fused-ring (bicyclic) bond motifs is 1. The third-order valence-corrected chi connectivity index (χ3v) is 3.22. The number of carbonyl (C=O) groups excluding carboxylic acids is 1. The maximum atomic E-state index is 12.0. The summed E-state index contributed by atoms with van der Waals surface area (Å²) in [4.78, 5) is 12.0. The Morgan fingerprint density at radius 1 is 1.32 bits per heavy atom. The monoisotopic (exact) mass is 263 g/mol. The number of anilines is 1. The van der Waals surface area contributed by atoms with E-state index in [-0.39, 0.29) is 11.8 Å². The van der Waals surface area contributed by atoms with E-state index in [9.17, 15) is 4.79 Å². The van der Waals surface area contributed by atoms with Crippen LogP contribution in [0.5, 0.6) is 11.5 Å². The highest BCUT2D eigenvalue weighted by atomic mass is 16.7. The predicted octanol–water partition coefficient (Wildman–Crippen LogP) is 2.17. The van der Waals surface area contributed by atoms with Crippen LogP contribution < -0.4 is 14.8 Å². The second kappa shape index (κ2) is 4.42. The Bertz CT molecular complexity index is 506. The largest absolute Gasteiger partial charge is 0.449 e. The van der Waals surface area contributed by atoms with Crippen molar-refractivity contribution in [2.45, 2.75) is 26.1 Å². The second-order valence-corrected chi connectivity index (χ2v) is 5.32. The molecule has 19 heavy (non-hydrogen) atoms. The van der Waals surface area contributed by atoms with Gasteiger partial charge < -0.3 is 19.5 Å². The van der Waals surface area contributed by atoms with Crippen LogP contribution in [0, 0.1) is 5.92 Å². The van der Waals surface area contributed by atoms with Gasteiger partial charge in [0.15, 0.2) is 11.5 Å². The predicted molar refractivity (Wildman–Crippen MR) is 69.3 cm³/mol. The Hall–Kier alpha value is -1.75. The molecule has 0 aromatic heterocycles. The number of hydrogen-bond donors (Lipinski definition) is 1. The van der Waals surface area contributed by atoms with Gasteiger partial charge in [0, 0.05) is 32.2 Å². The van der Waals surface area contributed by atoms with E-state index in [0.717, 1.165) is 12.1 Å². The van der Waals surface area contributed by atoms with Gasteiger partial charge >= 0.3 is 0 Å². The number of nitrogens with one attached hydrogen (secondary N) is 1. The average molecular weight is 263 g/mol. The minimum Gasteiger partial charge on any atom is -0.449 e. The molecule has 1 saturated heterocycles. The molecule has 1 atom stereocenters. The number of carbonyl (C=O) groups is 1. The van der Waals surface area contributed by atoms with E-state index in [0.29, 0.717) is 24.7 Å².